The lowest BCUT2D eigenvalue weighted by Gasteiger charge is -2.39. The molecule has 3 nitrogen and oxygen atoms in total. The summed E-state index contributed by atoms with van der Waals surface area (Å²) < 4.78 is 5.53. The molecule has 0 amide bonds. The van der Waals surface area contributed by atoms with Crippen LogP contribution in [0, 0.1) is 0 Å². The maximum atomic E-state index is 11.3. The second-order valence-electron chi connectivity index (χ2n) is 4.72. The Balaban J connectivity index is 2.91. The van der Waals surface area contributed by atoms with Gasteiger partial charge in [-0.3, -0.25) is 4.79 Å². The van der Waals surface area contributed by atoms with Crippen molar-refractivity contribution in [2.24, 2.45) is 0 Å². The van der Waals surface area contributed by atoms with Gasteiger partial charge in [0.15, 0.2) is 5.78 Å². The molecule has 1 atom stereocenters. The summed E-state index contributed by atoms with van der Waals surface area (Å²) in [6.07, 6.45) is 1.85. The van der Waals surface area contributed by atoms with Crippen LogP contribution in [0.3, 0.4) is 0 Å². The standard InChI is InChI=1S/C11H19NO2/c1-8(13)10-6-12(11(3,4)5)7-14-9(10)2/h6,9H,7H2,1-5H3/t9-/m1/s1. The van der Waals surface area contributed by atoms with E-state index in [4.69, 9.17) is 4.74 Å². The Morgan fingerprint density at radius 2 is 2.14 bits per heavy atom. The van der Waals surface area contributed by atoms with Crippen LogP contribution in [0.5, 0.6) is 0 Å². The molecule has 14 heavy (non-hydrogen) atoms. The van der Waals surface area contributed by atoms with Gasteiger partial charge in [0.2, 0.25) is 0 Å². The van der Waals surface area contributed by atoms with E-state index in [0.717, 1.165) is 5.57 Å². The molecule has 0 aromatic carbocycles. The molecule has 80 valence electrons. The molecule has 1 aliphatic rings. The van der Waals surface area contributed by atoms with Crippen LogP contribution in [0.25, 0.3) is 0 Å². The predicted octanol–water partition coefficient (Wildman–Crippen LogP) is 1.94. The second-order valence-corrected chi connectivity index (χ2v) is 4.72. The van der Waals surface area contributed by atoms with Crippen molar-refractivity contribution in [2.45, 2.75) is 46.3 Å². The quantitative estimate of drug-likeness (QED) is 0.643. The zero-order valence-electron chi connectivity index (χ0n) is 9.63. The summed E-state index contributed by atoms with van der Waals surface area (Å²) in [5.41, 5.74) is 0.757. The molecule has 1 aliphatic heterocycles. The van der Waals surface area contributed by atoms with Crippen molar-refractivity contribution in [3.63, 3.8) is 0 Å². The smallest absolute Gasteiger partial charge is 0.159 e. The minimum absolute atomic E-state index is 0.000833. The maximum absolute atomic E-state index is 11.3. The molecule has 0 aromatic heterocycles. The lowest BCUT2D eigenvalue weighted by Crippen LogP contribution is -2.43. The van der Waals surface area contributed by atoms with Crippen molar-refractivity contribution in [1.82, 2.24) is 4.90 Å². The normalized spacial score (nSPS) is 23.4. The lowest BCUT2D eigenvalue weighted by atomic mass is 10.0. The summed E-state index contributed by atoms with van der Waals surface area (Å²) in [4.78, 5) is 13.4. The maximum Gasteiger partial charge on any atom is 0.159 e. The Hall–Kier alpha value is -0.830. The van der Waals surface area contributed by atoms with E-state index in [1.54, 1.807) is 6.92 Å². The van der Waals surface area contributed by atoms with Crippen LogP contribution in [-0.4, -0.2) is 29.1 Å². The minimum atomic E-state index is -0.0777. The van der Waals surface area contributed by atoms with Crippen molar-refractivity contribution in [1.29, 1.82) is 0 Å². The molecule has 0 saturated heterocycles. The number of ketones is 1. The van der Waals surface area contributed by atoms with Gasteiger partial charge in [0.05, 0.1) is 6.10 Å². The first-order valence-corrected chi connectivity index (χ1v) is 4.93. The van der Waals surface area contributed by atoms with Crippen LogP contribution in [0.4, 0.5) is 0 Å². The average Bonchev–Trinajstić information content (AvgIpc) is 2.02. The third kappa shape index (κ3) is 2.35. The first-order valence-electron chi connectivity index (χ1n) is 4.93. The van der Waals surface area contributed by atoms with Gasteiger partial charge in [0, 0.05) is 17.3 Å². The van der Waals surface area contributed by atoms with Gasteiger partial charge in [-0.2, -0.15) is 0 Å². The summed E-state index contributed by atoms with van der Waals surface area (Å²) in [5, 5.41) is 0. The number of carbonyl (C=O) groups excluding carboxylic acids is 1. The average molecular weight is 197 g/mol. The Morgan fingerprint density at radius 1 is 1.57 bits per heavy atom. The lowest BCUT2D eigenvalue weighted by molar-refractivity contribution is -0.116. The highest BCUT2D eigenvalue weighted by molar-refractivity contribution is 5.94. The van der Waals surface area contributed by atoms with E-state index in [1.807, 2.05) is 18.0 Å². The Kier molecular flexibility index (Phi) is 3.00. The molecule has 3 heteroatoms. The number of carbonyl (C=O) groups is 1. The van der Waals surface area contributed by atoms with E-state index < -0.39 is 0 Å². The van der Waals surface area contributed by atoms with Crippen LogP contribution in [-0.2, 0) is 9.53 Å². The number of nitrogens with zero attached hydrogens (tertiary/aromatic N) is 1. The molecule has 0 unspecified atom stereocenters. The van der Waals surface area contributed by atoms with Crippen LogP contribution in [0.15, 0.2) is 11.8 Å². The van der Waals surface area contributed by atoms with Gasteiger partial charge in [-0.05, 0) is 34.6 Å². The van der Waals surface area contributed by atoms with Gasteiger partial charge in [-0.25, -0.2) is 0 Å². The third-order valence-corrected chi connectivity index (χ3v) is 2.46. The molecule has 1 heterocycles. The van der Waals surface area contributed by atoms with Crippen molar-refractivity contribution < 1.29 is 9.53 Å². The van der Waals surface area contributed by atoms with E-state index in [9.17, 15) is 4.79 Å². The first-order chi connectivity index (χ1) is 6.32. The molecule has 0 bridgehead atoms. The Labute approximate surface area is 85.7 Å². The van der Waals surface area contributed by atoms with Crippen LogP contribution in [0.1, 0.15) is 34.6 Å². The summed E-state index contributed by atoms with van der Waals surface area (Å²) in [6.45, 7) is 10.3. The van der Waals surface area contributed by atoms with E-state index in [1.165, 1.54) is 0 Å². The Morgan fingerprint density at radius 3 is 2.57 bits per heavy atom. The fraction of sp³-hybridized carbons (Fsp3) is 0.727. The molecule has 0 spiro atoms. The van der Waals surface area contributed by atoms with Gasteiger partial charge in [-0.15, -0.1) is 0 Å². The fourth-order valence-electron chi connectivity index (χ4n) is 1.36. The monoisotopic (exact) mass is 197 g/mol. The molecular weight excluding hydrogens is 178 g/mol. The SMILES string of the molecule is CC(=O)C1=CN(C(C)(C)C)CO[C@@H]1C. The first kappa shape index (κ1) is 11.2. The summed E-state index contributed by atoms with van der Waals surface area (Å²) >= 11 is 0. The predicted molar refractivity (Wildman–Crippen MR) is 55.8 cm³/mol. The second kappa shape index (κ2) is 3.73. The zero-order chi connectivity index (χ0) is 10.9. The van der Waals surface area contributed by atoms with Crippen LogP contribution >= 0.6 is 0 Å². The highest BCUT2D eigenvalue weighted by Crippen LogP contribution is 2.22. The van der Waals surface area contributed by atoms with Gasteiger partial charge >= 0.3 is 0 Å². The van der Waals surface area contributed by atoms with E-state index in [2.05, 4.69) is 20.8 Å². The molecule has 0 saturated carbocycles. The number of ether oxygens (including phenoxy) is 1. The van der Waals surface area contributed by atoms with Crippen molar-refractivity contribution in [3.8, 4) is 0 Å². The molecular formula is C11H19NO2. The van der Waals surface area contributed by atoms with Crippen LogP contribution in [0.2, 0.25) is 0 Å². The minimum Gasteiger partial charge on any atom is -0.353 e. The Bertz CT molecular complexity index is 263. The number of rotatable bonds is 1. The largest absolute Gasteiger partial charge is 0.353 e. The molecule has 0 N–H and O–H groups in total. The van der Waals surface area contributed by atoms with Crippen molar-refractivity contribution >= 4 is 5.78 Å². The molecule has 0 fully saturated rings. The zero-order valence-corrected chi connectivity index (χ0v) is 9.63. The summed E-state index contributed by atoms with van der Waals surface area (Å²) in [5.74, 6) is 0.0893. The van der Waals surface area contributed by atoms with Crippen molar-refractivity contribution in [3.05, 3.63) is 11.8 Å². The van der Waals surface area contributed by atoms with E-state index in [0.29, 0.717) is 6.73 Å². The van der Waals surface area contributed by atoms with Crippen LogP contribution < -0.4 is 0 Å². The number of hydrogen-bond acceptors (Lipinski definition) is 3. The van der Waals surface area contributed by atoms with E-state index in [-0.39, 0.29) is 17.4 Å². The molecule has 1 rings (SSSR count). The van der Waals surface area contributed by atoms with Gasteiger partial charge in [-0.1, -0.05) is 0 Å². The fourth-order valence-corrected chi connectivity index (χ4v) is 1.36. The van der Waals surface area contributed by atoms with Gasteiger partial charge in [0.1, 0.15) is 6.73 Å². The molecule has 0 radical (unpaired) electrons. The highest BCUT2D eigenvalue weighted by atomic mass is 16.5. The van der Waals surface area contributed by atoms with E-state index >= 15 is 0 Å². The third-order valence-electron chi connectivity index (χ3n) is 2.46. The number of hydrogen-bond donors (Lipinski definition) is 0. The number of Topliss-reactive ketones (excluding diaryl/α,β-unsaturated/α-hetero) is 1. The van der Waals surface area contributed by atoms with Crippen molar-refractivity contribution in [2.75, 3.05) is 6.73 Å². The topological polar surface area (TPSA) is 29.5 Å². The van der Waals surface area contributed by atoms with Gasteiger partial charge in [0.25, 0.3) is 0 Å². The highest BCUT2D eigenvalue weighted by Gasteiger charge is 2.26. The summed E-state index contributed by atoms with van der Waals surface area (Å²) in [7, 11) is 0. The summed E-state index contributed by atoms with van der Waals surface area (Å²) in [6, 6.07) is 0. The molecule has 0 aliphatic carbocycles. The van der Waals surface area contributed by atoms with Gasteiger partial charge < -0.3 is 9.64 Å². The molecule has 0 aromatic rings.